The molecule has 0 aromatic carbocycles. The second-order valence-corrected chi connectivity index (χ2v) is 22.4. The molecule has 494 valence electrons. The molecule has 36 heteroatoms. The van der Waals surface area contributed by atoms with Crippen molar-refractivity contribution < 1.29 is 178 Å². The van der Waals surface area contributed by atoms with Crippen LogP contribution in [0.3, 0.4) is 0 Å². The zero-order valence-electron chi connectivity index (χ0n) is 45.8. The highest BCUT2D eigenvalue weighted by Crippen LogP contribution is 2.39. The van der Waals surface area contributed by atoms with Gasteiger partial charge in [0.2, 0.25) is 0 Å². The molecule has 30 heterocycles. The Morgan fingerprint density at radius 2 is 0.471 bits per heavy atom. The molecule has 0 spiro atoms. The third kappa shape index (κ3) is 13.9. The number of hydrogen-bond acceptors (Lipinski definition) is 36. The molecule has 30 aliphatic rings. The second kappa shape index (κ2) is 29.0. The quantitative estimate of drug-likeness (QED) is 0.113. The number of aliphatic hydroxyl groups is 20. The van der Waals surface area contributed by atoms with Crippen LogP contribution in [0.5, 0.6) is 0 Å². The molecular formula is C49H82O36. The van der Waals surface area contributed by atoms with Crippen molar-refractivity contribution in [3.8, 4) is 0 Å². The Bertz CT molecular complexity index is 2050. The summed E-state index contributed by atoms with van der Waals surface area (Å²) in [7, 11) is 0. The average molecular weight is 1250 g/mol. The van der Waals surface area contributed by atoms with Crippen molar-refractivity contribution in [1.29, 1.82) is 0 Å². The van der Waals surface area contributed by atoms with E-state index in [0.29, 0.717) is 0 Å². The normalized spacial score (nSPS) is 55.1. The minimum Gasteiger partial charge on any atom is -0.394 e. The topological polar surface area (TPSA) is 552 Å². The van der Waals surface area contributed by atoms with Gasteiger partial charge in [-0.25, -0.2) is 0 Å². The Morgan fingerprint density at radius 1 is 0.247 bits per heavy atom. The predicted octanol–water partition coefficient (Wildman–Crippen LogP) is -12.9. The fourth-order valence-corrected chi connectivity index (χ4v) is 12.1. The van der Waals surface area contributed by atoms with Gasteiger partial charge in [-0.3, -0.25) is 0 Å². The molecule has 85 heavy (non-hydrogen) atoms. The maximum atomic E-state index is 11.5. The van der Waals surface area contributed by atoms with E-state index in [0.717, 1.165) is 0 Å². The van der Waals surface area contributed by atoms with Crippen LogP contribution in [0.4, 0.5) is 0 Å². The molecule has 16 bridgehead atoms. The number of hydrogen-bond donors (Lipinski definition) is 20. The summed E-state index contributed by atoms with van der Waals surface area (Å²) in [5, 5.41) is 222. The Morgan fingerprint density at radius 3 is 0.776 bits per heavy atom. The van der Waals surface area contributed by atoms with Gasteiger partial charge < -0.3 is 178 Å². The number of rotatable bonds is 7. The van der Waals surface area contributed by atoms with Crippen molar-refractivity contribution in [1.82, 2.24) is 0 Å². The van der Waals surface area contributed by atoms with Gasteiger partial charge in [0.25, 0.3) is 0 Å². The van der Waals surface area contributed by atoms with Gasteiger partial charge in [0.05, 0.1) is 64.1 Å². The predicted molar refractivity (Wildman–Crippen MR) is 260 cm³/mol. The van der Waals surface area contributed by atoms with Crippen LogP contribution in [-0.2, 0) is 75.8 Å². The van der Waals surface area contributed by atoms with Gasteiger partial charge >= 0.3 is 0 Å². The molecule has 30 aliphatic heterocycles. The maximum absolute atomic E-state index is 11.5. The van der Waals surface area contributed by atoms with Crippen molar-refractivity contribution in [3.63, 3.8) is 0 Å². The summed E-state index contributed by atoms with van der Waals surface area (Å²) >= 11 is 0. The first-order chi connectivity index (χ1) is 40.5. The van der Waals surface area contributed by atoms with E-state index in [4.69, 9.17) is 75.8 Å². The highest BCUT2D eigenvalue weighted by atomic mass is 16.8. The van der Waals surface area contributed by atoms with E-state index >= 15 is 0 Å². The zero-order valence-corrected chi connectivity index (χ0v) is 45.8. The highest BCUT2D eigenvalue weighted by molar-refractivity contribution is 5.01. The number of aliphatic hydroxyl groups excluding tert-OH is 20. The molecule has 30 rings (SSSR count). The Kier molecular flexibility index (Phi) is 23.2. The van der Waals surface area contributed by atoms with E-state index in [1.807, 2.05) is 0 Å². The third-order valence-electron chi connectivity index (χ3n) is 16.8. The van der Waals surface area contributed by atoms with Crippen molar-refractivity contribution in [2.24, 2.45) is 0 Å². The first-order valence-corrected chi connectivity index (χ1v) is 28.2. The fourth-order valence-electron chi connectivity index (χ4n) is 12.1. The molecule has 38 atom stereocenters. The van der Waals surface area contributed by atoms with E-state index in [1.54, 1.807) is 6.92 Å². The second-order valence-electron chi connectivity index (χ2n) is 22.4. The molecular weight excluding hydrogens is 1160 g/mol. The smallest absolute Gasteiger partial charge is 0.187 e. The molecule has 0 radical (unpaired) electrons. The van der Waals surface area contributed by atoms with Crippen molar-refractivity contribution >= 4 is 0 Å². The van der Waals surface area contributed by atoms with Crippen molar-refractivity contribution in [2.45, 2.75) is 267 Å². The molecule has 0 aromatic heterocycles. The minimum absolute atomic E-state index is 0.139. The Balaban J connectivity index is 0.953. The van der Waals surface area contributed by atoms with Gasteiger partial charge in [-0.2, -0.15) is 0 Å². The Labute approximate surface area is 483 Å². The molecule has 0 aromatic rings. The van der Waals surface area contributed by atoms with E-state index in [-0.39, 0.29) is 12.8 Å². The van der Waals surface area contributed by atoms with Crippen LogP contribution in [0.25, 0.3) is 0 Å². The summed E-state index contributed by atoms with van der Waals surface area (Å²) in [4.78, 5) is 0. The van der Waals surface area contributed by atoms with E-state index in [9.17, 15) is 102 Å². The van der Waals surface area contributed by atoms with Crippen molar-refractivity contribution in [2.75, 3.05) is 39.6 Å². The third-order valence-corrected chi connectivity index (χ3v) is 16.8. The molecule has 20 N–H and O–H groups in total. The number of ether oxygens (including phenoxy) is 16. The van der Waals surface area contributed by atoms with E-state index in [1.165, 1.54) is 6.92 Å². The molecule has 0 aliphatic carbocycles. The molecule has 14 unspecified atom stereocenters. The van der Waals surface area contributed by atoms with Gasteiger partial charge in [-0.05, 0) is 13.3 Å². The first kappa shape index (κ1) is 67.9. The van der Waals surface area contributed by atoms with Gasteiger partial charge in [-0.1, -0.05) is 6.92 Å². The van der Waals surface area contributed by atoms with Crippen LogP contribution < -0.4 is 0 Å². The lowest BCUT2D eigenvalue weighted by Gasteiger charge is -2.50. The summed E-state index contributed by atoms with van der Waals surface area (Å²) in [6, 6.07) is 0. The SMILES string of the molecule is CCC1O[C@H]2C[C@@H](O)[C@@H]1O[C@H]1OC(C)[C@@H](O[C@@H]3OC(CO)[C@@H](O[C@H]4OC(CO)[C@@H](O[C@@H]5OC(CO)[C@@H](O[C@H]6OC(CO)[C@@H](O[C@H]7OC(CO)[C@@H](O[C@@H]8C[C@@H](O)[C@H](O2)C(CO)O8)[C@H](O)C7O)[C@H](O)C6O)[C@H](O)C5O)[C@H](O)C4O)[C@H](O)C3O)[C@H](O)C1O. The zero-order chi connectivity index (χ0) is 61.6. The van der Waals surface area contributed by atoms with Crippen molar-refractivity contribution in [3.05, 3.63) is 0 Å². The van der Waals surface area contributed by atoms with E-state index < -0.39 is 280 Å². The lowest BCUT2D eigenvalue weighted by molar-refractivity contribution is -0.398. The summed E-state index contributed by atoms with van der Waals surface area (Å²) in [6.07, 6.45) is -68.3. The van der Waals surface area contributed by atoms with Gasteiger partial charge in [0.1, 0.15) is 159 Å². The minimum atomic E-state index is -2.20. The van der Waals surface area contributed by atoms with E-state index in [2.05, 4.69) is 0 Å². The molecule has 0 amide bonds. The largest absolute Gasteiger partial charge is 0.394 e. The maximum Gasteiger partial charge on any atom is 0.187 e. The summed E-state index contributed by atoms with van der Waals surface area (Å²) < 4.78 is 93.5. The van der Waals surface area contributed by atoms with Gasteiger partial charge in [0, 0.05) is 12.8 Å². The first-order valence-electron chi connectivity index (χ1n) is 28.2. The molecule has 36 nitrogen and oxygen atoms in total. The fraction of sp³-hybridized carbons (Fsp3) is 1.00. The summed E-state index contributed by atoms with van der Waals surface area (Å²) in [5.74, 6) is 0. The van der Waals surface area contributed by atoms with Crippen LogP contribution in [0.1, 0.15) is 33.1 Å². The van der Waals surface area contributed by atoms with Crippen LogP contribution in [0, 0.1) is 0 Å². The highest BCUT2D eigenvalue weighted by Gasteiger charge is 2.59. The Hall–Kier alpha value is -1.44. The van der Waals surface area contributed by atoms with Gasteiger partial charge in [-0.15, -0.1) is 0 Å². The summed E-state index contributed by atoms with van der Waals surface area (Å²) in [5.41, 5.74) is 0. The summed E-state index contributed by atoms with van der Waals surface area (Å²) in [6.45, 7) is -2.75. The van der Waals surface area contributed by atoms with Crippen LogP contribution in [0.15, 0.2) is 0 Å². The average Bonchev–Trinajstić information content (AvgIpc) is 3.39. The lowest BCUT2D eigenvalue weighted by atomic mass is 9.95. The van der Waals surface area contributed by atoms with Gasteiger partial charge in [0.15, 0.2) is 50.3 Å². The van der Waals surface area contributed by atoms with Crippen LogP contribution in [-0.4, -0.2) is 375 Å². The molecule has 30 fully saturated rings. The van der Waals surface area contributed by atoms with Crippen LogP contribution in [0.2, 0.25) is 0 Å². The standard InChI is InChI=1S/C49H82O36/c1-3-15-37-13(56)4-22(71-15)78-38-14(57)5-23(72-16(38)6-50)79-39-17(7-51)73-46(31(65)25(39)59)82-41-19(9-53)75-48(33(67)27(41)61)84-43-21(11-55)77-49(35(69)29(43)63)85-42-20(10-54)76-47(34(68)28(42)62)83-40-18(8-52)74-45(32(66)26(40)60)80-36-12(2)70-44(81-37)30(64)24(36)58/h12-69H,3-11H2,1-2H3/t12?,13-,14-,15?,16?,17?,18?,19?,20?,21?,22-,23-,24-,25-,26-,27-,28-,29-,30?,31?,32?,33?,34?,35?,36-,37+,38+,39-,40-,41-,42-,43-,44-,45+,46-,47-,48-,49+/m1/s1. The molecule has 0 saturated carbocycles. The molecule has 30 saturated heterocycles. The van der Waals surface area contributed by atoms with Crippen LogP contribution >= 0.6 is 0 Å². The lowest BCUT2D eigenvalue weighted by Crippen LogP contribution is -2.68. The monoisotopic (exact) mass is 1250 g/mol.